The summed E-state index contributed by atoms with van der Waals surface area (Å²) in [6.07, 6.45) is 3.48. The fourth-order valence-electron chi connectivity index (χ4n) is 0.809. The van der Waals surface area contributed by atoms with Crippen LogP contribution in [-0.2, 0) is 6.54 Å². The van der Waals surface area contributed by atoms with Gasteiger partial charge in [-0.05, 0) is 13.0 Å². The van der Waals surface area contributed by atoms with Crippen LogP contribution in [0.15, 0.2) is 30.6 Å². The Hall–Kier alpha value is -1.22. The summed E-state index contributed by atoms with van der Waals surface area (Å²) in [7, 11) is 0. The number of aromatic nitrogens is 2. The first kappa shape index (κ1) is 8.87. The van der Waals surface area contributed by atoms with E-state index in [4.69, 9.17) is 0 Å². The Morgan fingerprint density at radius 3 is 2.75 bits per heavy atom. The molecule has 12 heavy (non-hydrogen) atoms. The minimum atomic E-state index is 0.702. The highest BCUT2D eigenvalue weighted by molar-refractivity contribution is 4.93. The van der Waals surface area contributed by atoms with Crippen LogP contribution in [0.3, 0.4) is 0 Å². The summed E-state index contributed by atoms with van der Waals surface area (Å²) in [6, 6.07) is 1.81. The number of hydrogen-bond donors (Lipinski definition) is 1. The van der Waals surface area contributed by atoms with Crippen LogP contribution in [0, 0.1) is 0 Å². The first-order valence-electron chi connectivity index (χ1n) is 3.90. The normalized spacial score (nSPS) is 9.75. The summed E-state index contributed by atoms with van der Waals surface area (Å²) in [6.45, 7) is 7.29. The SMILES string of the molecule is C=C(C)CNCc1ncccn1. The fourth-order valence-corrected chi connectivity index (χ4v) is 0.809. The molecule has 64 valence electrons. The highest BCUT2D eigenvalue weighted by Crippen LogP contribution is 1.87. The van der Waals surface area contributed by atoms with Gasteiger partial charge in [0.25, 0.3) is 0 Å². The van der Waals surface area contributed by atoms with Crippen molar-refractivity contribution in [3.63, 3.8) is 0 Å². The lowest BCUT2D eigenvalue weighted by molar-refractivity contribution is 0.701. The fraction of sp³-hybridized carbons (Fsp3) is 0.333. The minimum absolute atomic E-state index is 0.702. The van der Waals surface area contributed by atoms with Crippen molar-refractivity contribution in [2.45, 2.75) is 13.5 Å². The first-order chi connectivity index (χ1) is 5.79. The molecular formula is C9H13N3. The lowest BCUT2D eigenvalue weighted by Gasteiger charge is -2.01. The molecule has 0 saturated heterocycles. The van der Waals surface area contributed by atoms with E-state index < -0.39 is 0 Å². The Morgan fingerprint density at radius 2 is 2.17 bits per heavy atom. The minimum Gasteiger partial charge on any atom is -0.306 e. The molecule has 0 atom stereocenters. The van der Waals surface area contributed by atoms with E-state index in [1.807, 2.05) is 13.0 Å². The smallest absolute Gasteiger partial charge is 0.141 e. The highest BCUT2D eigenvalue weighted by atomic mass is 14.9. The van der Waals surface area contributed by atoms with Gasteiger partial charge in [0, 0.05) is 18.9 Å². The van der Waals surface area contributed by atoms with Gasteiger partial charge in [-0.25, -0.2) is 9.97 Å². The van der Waals surface area contributed by atoms with Crippen LogP contribution in [0.5, 0.6) is 0 Å². The van der Waals surface area contributed by atoms with Gasteiger partial charge in [0.15, 0.2) is 0 Å². The summed E-state index contributed by atoms with van der Waals surface area (Å²) in [5, 5.41) is 3.18. The molecule has 0 saturated carbocycles. The summed E-state index contributed by atoms with van der Waals surface area (Å²) in [5.41, 5.74) is 1.12. The Balaban J connectivity index is 2.29. The zero-order valence-electron chi connectivity index (χ0n) is 7.25. The van der Waals surface area contributed by atoms with E-state index in [9.17, 15) is 0 Å². The molecule has 0 spiro atoms. The second kappa shape index (κ2) is 4.62. The van der Waals surface area contributed by atoms with Crippen LogP contribution in [0.25, 0.3) is 0 Å². The van der Waals surface area contributed by atoms with Gasteiger partial charge >= 0.3 is 0 Å². The Labute approximate surface area is 72.6 Å². The van der Waals surface area contributed by atoms with Gasteiger partial charge in [0.1, 0.15) is 5.82 Å². The Bertz CT molecular complexity index is 243. The Morgan fingerprint density at radius 1 is 1.50 bits per heavy atom. The maximum atomic E-state index is 4.07. The molecule has 3 heteroatoms. The average Bonchev–Trinajstić information content (AvgIpc) is 2.05. The van der Waals surface area contributed by atoms with Gasteiger partial charge in [-0.1, -0.05) is 12.2 Å². The molecule has 0 radical (unpaired) electrons. The van der Waals surface area contributed by atoms with Crippen molar-refractivity contribution in [2.75, 3.05) is 6.54 Å². The molecule has 3 nitrogen and oxygen atoms in total. The van der Waals surface area contributed by atoms with Crippen LogP contribution in [0.2, 0.25) is 0 Å². The van der Waals surface area contributed by atoms with Crippen LogP contribution < -0.4 is 5.32 Å². The molecule has 0 aromatic carbocycles. The maximum Gasteiger partial charge on any atom is 0.141 e. The lowest BCUT2D eigenvalue weighted by Crippen LogP contribution is -2.16. The van der Waals surface area contributed by atoms with E-state index in [2.05, 4.69) is 21.9 Å². The van der Waals surface area contributed by atoms with Gasteiger partial charge in [0.05, 0.1) is 6.54 Å². The van der Waals surface area contributed by atoms with E-state index in [0.717, 1.165) is 17.9 Å². The topological polar surface area (TPSA) is 37.8 Å². The predicted octanol–water partition coefficient (Wildman–Crippen LogP) is 1.14. The molecule has 1 N–H and O–H groups in total. The number of nitrogens with zero attached hydrogens (tertiary/aromatic N) is 2. The zero-order chi connectivity index (χ0) is 8.81. The van der Waals surface area contributed by atoms with Crippen molar-refractivity contribution in [3.05, 3.63) is 36.4 Å². The summed E-state index contributed by atoms with van der Waals surface area (Å²) in [4.78, 5) is 8.14. The van der Waals surface area contributed by atoms with Gasteiger partial charge in [0.2, 0.25) is 0 Å². The van der Waals surface area contributed by atoms with Crippen LogP contribution in [0.4, 0.5) is 0 Å². The third-order valence-electron chi connectivity index (χ3n) is 1.33. The van der Waals surface area contributed by atoms with E-state index >= 15 is 0 Å². The number of rotatable bonds is 4. The summed E-state index contributed by atoms with van der Waals surface area (Å²) >= 11 is 0. The molecule has 0 unspecified atom stereocenters. The predicted molar refractivity (Wildman–Crippen MR) is 48.6 cm³/mol. The second-order valence-electron chi connectivity index (χ2n) is 2.73. The van der Waals surface area contributed by atoms with Crippen molar-refractivity contribution in [2.24, 2.45) is 0 Å². The van der Waals surface area contributed by atoms with Crippen molar-refractivity contribution in [1.82, 2.24) is 15.3 Å². The number of hydrogen-bond acceptors (Lipinski definition) is 3. The Kier molecular flexibility index (Phi) is 3.41. The third kappa shape index (κ3) is 3.25. The van der Waals surface area contributed by atoms with E-state index in [1.165, 1.54) is 0 Å². The van der Waals surface area contributed by atoms with E-state index in [0.29, 0.717) is 6.54 Å². The van der Waals surface area contributed by atoms with Gasteiger partial charge in [-0.3, -0.25) is 0 Å². The number of nitrogens with one attached hydrogen (secondary N) is 1. The highest BCUT2D eigenvalue weighted by Gasteiger charge is 1.92. The van der Waals surface area contributed by atoms with Gasteiger partial charge in [-0.2, -0.15) is 0 Å². The maximum absolute atomic E-state index is 4.07. The third-order valence-corrected chi connectivity index (χ3v) is 1.33. The molecule has 0 fully saturated rings. The van der Waals surface area contributed by atoms with E-state index in [1.54, 1.807) is 12.4 Å². The first-order valence-corrected chi connectivity index (χ1v) is 3.90. The largest absolute Gasteiger partial charge is 0.306 e. The molecule has 1 aromatic heterocycles. The van der Waals surface area contributed by atoms with Crippen LogP contribution >= 0.6 is 0 Å². The molecule has 1 heterocycles. The van der Waals surface area contributed by atoms with E-state index in [-0.39, 0.29) is 0 Å². The van der Waals surface area contributed by atoms with Crippen molar-refractivity contribution in [1.29, 1.82) is 0 Å². The molecule has 1 aromatic rings. The van der Waals surface area contributed by atoms with Crippen molar-refractivity contribution >= 4 is 0 Å². The molecule has 0 aliphatic heterocycles. The quantitative estimate of drug-likeness (QED) is 0.676. The molecule has 0 bridgehead atoms. The summed E-state index contributed by atoms with van der Waals surface area (Å²) < 4.78 is 0. The molecular weight excluding hydrogens is 150 g/mol. The lowest BCUT2D eigenvalue weighted by atomic mass is 10.3. The zero-order valence-corrected chi connectivity index (χ0v) is 7.25. The molecule has 1 rings (SSSR count). The second-order valence-corrected chi connectivity index (χ2v) is 2.73. The van der Waals surface area contributed by atoms with Crippen molar-refractivity contribution in [3.8, 4) is 0 Å². The molecule has 0 aliphatic rings. The average molecular weight is 163 g/mol. The monoisotopic (exact) mass is 163 g/mol. The molecule has 0 aliphatic carbocycles. The molecule has 0 amide bonds. The van der Waals surface area contributed by atoms with Crippen LogP contribution in [-0.4, -0.2) is 16.5 Å². The van der Waals surface area contributed by atoms with Crippen LogP contribution in [0.1, 0.15) is 12.7 Å². The standard InChI is InChI=1S/C9H13N3/c1-8(2)6-10-7-9-11-4-3-5-12-9/h3-5,10H,1,6-7H2,2H3. The van der Waals surface area contributed by atoms with Crippen molar-refractivity contribution < 1.29 is 0 Å². The summed E-state index contributed by atoms with van der Waals surface area (Å²) in [5.74, 6) is 0.818. The van der Waals surface area contributed by atoms with Gasteiger partial charge < -0.3 is 5.32 Å². The van der Waals surface area contributed by atoms with Gasteiger partial charge in [-0.15, -0.1) is 0 Å².